The Kier molecular flexibility index (Phi) is 2.71. The molecule has 0 aliphatic carbocycles. The number of aryl methyl sites for hydroxylation is 1. The van der Waals surface area contributed by atoms with Crippen LogP contribution >= 0.6 is 0 Å². The van der Waals surface area contributed by atoms with Crippen LogP contribution in [0.1, 0.15) is 5.69 Å². The minimum absolute atomic E-state index is 0.0405. The highest BCUT2D eigenvalue weighted by molar-refractivity contribution is 5.95. The first-order chi connectivity index (χ1) is 9.22. The normalized spacial score (nSPS) is 13.2. The van der Waals surface area contributed by atoms with Crippen molar-refractivity contribution in [3.8, 4) is 5.75 Å². The molecular formula is C12H11N5O2. The molecule has 0 spiro atoms. The molecule has 2 N–H and O–H groups in total. The number of hydrogen-bond acceptors (Lipinski definition) is 6. The zero-order valence-corrected chi connectivity index (χ0v) is 10.2. The molecule has 0 fully saturated rings. The molecule has 0 unspecified atom stereocenters. The van der Waals surface area contributed by atoms with Crippen LogP contribution in [0.3, 0.4) is 0 Å². The summed E-state index contributed by atoms with van der Waals surface area (Å²) < 4.78 is 5.34. The lowest BCUT2D eigenvalue weighted by molar-refractivity contribution is -0.118. The van der Waals surface area contributed by atoms with Gasteiger partial charge in [0.1, 0.15) is 6.33 Å². The number of nitrogens with zero attached hydrogens (tertiary/aromatic N) is 3. The van der Waals surface area contributed by atoms with Gasteiger partial charge in [0.15, 0.2) is 18.2 Å². The van der Waals surface area contributed by atoms with E-state index in [-0.39, 0.29) is 12.5 Å². The summed E-state index contributed by atoms with van der Waals surface area (Å²) in [5, 5.41) is 5.71. The average molecular weight is 257 g/mol. The first-order valence-electron chi connectivity index (χ1n) is 5.70. The van der Waals surface area contributed by atoms with E-state index in [0.717, 1.165) is 11.4 Å². The van der Waals surface area contributed by atoms with Crippen molar-refractivity contribution in [1.82, 2.24) is 15.0 Å². The van der Waals surface area contributed by atoms with Crippen LogP contribution in [-0.2, 0) is 4.79 Å². The van der Waals surface area contributed by atoms with Crippen LogP contribution in [0.4, 0.5) is 17.3 Å². The number of rotatable bonds is 2. The molecule has 0 atom stereocenters. The summed E-state index contributed by atoms with van der Waals surface area (Å²) in [7, 11) is 0. The molecule has 3 rings (SSSR count). The molecule has 2 aromatic heterocycles. The topological polar surface area (TPSA) is 89.0 Å². The average Bonchev–Trinajstić information content (AvgIpc) is 2.41. The van der Waals surface area contributed by atoms with Crippen LogP contribution in [0.25, 0.3) is 0 Å². The van der Waals surface area contributed by atoms with Gasteiger partial charge < -0.3 is 15.4 Å². The lowest BCUT2D eigenvalue weighted by atomic mass is 10.3. The van der Waals surface area contributed by atoms with Crippen LogP contribution in [0, 0.1) is 6.92 Å². The SMILES string of the molecule is Cc1ccc(Nc2ncnc3c2OCC(=O)N3)cn1. The number of anilines is 3. The van der Waals surface area contributed by atoms with Crippen molar-refractivity contribution < 1.29 is 9.53 Å². The van der Waals surface area contributed by atoms with E-state index in [4.69, 9.17) is 4.74 Å². The van der Waals surface area contributed by atoms with E-state index >= 15 is 0 Å². The standard InChI is InChI=1S/C12H11N5O2/c1-7-2-3-8(4-13-7)16-11-10-12(15-6-14-11)17-9(18)5-19-10/h2-4,6H,5H2,1H3,(H2,14,15,16,17,18). The monoisotopic (exact) mass is 257 g/mol. The molecule has 0 radical (unpaired) electrons. The molecule has 2 aromatic rings. The largest absolute Gasteiger partial charge is 0.476 e. The Bertz CT molecular complexity index is 627. The van der Waals surface area contributed by atoms with Gasteiger partial charge in [-0.1, -0.05) is 0 Å². The summed E-state index contributed by atoms with van der Waals surface area (Å²) in [4.78, 5) is 23.5. The van der Waals surface area contributed by atoms with Crippen LogP contribution in [-0.4, -0.2) is 27.5 Å². The Labute approximate surface area is 109 Å². The fraction of sp³-hybridized carbons (Fsp3) is 0.167. The predicted octanol–water partition coefficient (Wildman–Crippen LogP) is 1.25. The molecule has 0 saturated heterocycles. The van der Waals surface area contributed by atoms with Crippen molar-refractivity contribution in [3.05, 3.63) is 30.4 Å². The maximum atomic E-state index is 11.2. The number of nitrogens with one attached hydrogen (secondary N) is 2. The maximum Gasteiger partial charge on any atom is 0.263 e. The maximum absolute atomic E-state index is 11.2. The van der Waals surface area contributed by atoms with Crippen molar-refractivity contribution >= 4 is 23.2 Å². The quantitative estimate of drug-likeness (QED) is 0.841. The van der Waals surface area contributed by atoms with Crippen LogP contribution < -0.4 is 15.4 Å². The molecule has 7 heteroatoms. The van der Waals surface area contributed by atoms with Gasteiger partial charge in [-0.05, 0) is 19.1 Å². The molecule has 0 bridgehead atoms. The van der Waals surface area contributed by atoms with Crippen molar-refractivity contribution in [1.29, 1.82) is 0 Å². The van der Waals surface area contributed by atoms with Gasteiger partial charge in [0.25, 0.3) is 5.91 Å². The van der Waals surface area contributed by atoms with Gasteiger partial charge in [-0.25, -0.2) is 9.97 Å². The Morgan fingerprint density at radius 1 is 1.32 bits per heavy atom. The second kappa shape index (κ2) is 4.52. The van der Waals surface area contributed by atoms with Gasteiger partial charge in [0, 0.05) is 5.69 Å². The third-order valence-corrected chi connectivity index (χ3v) is 2.58. The smallest absolute Gasteiger partial charge is 0.263 e. The number of carbonyl (C=O) groups is 1. The van der Waals surface area contributed by atoms with E-state index in [9.17, 15) is 4.79 Å². The van der Waals surface area contributed by atoms with Crippen LogP contribution in [0.2, 0.25) is 0 Å². The number of hydrogen-bond donors (Lipinski definition) is 2. The van der Waals surface area contributed by atoms with Crippen LogP contribution in [0.5, 0.6) is 5.75 Å². The van der Waals surface area contributed by atoms with Gasteiger partial charge >= 0.3 is 0 Å². The molecule has 0 aromatic carbocycles. The molecular weight excluding hydrogens is 246 g/mol. The zero-order valence-electron chi connectivity index (χ0n) is 10.2. The molecule has 1 amide bonds. The van der Waals surface area contributed by atoms with Crippen LogP contribution in [0.15, 0.2) is 24.7 Å². The minimum Gasteiger partial charge on any atom is -0.476 e. The number of pyridine rings is 1. The zero-order chi connectivity index (χ0) is 13.2. The first kappa shape index (κ1) is 11.4. The van der Waals surface area contributed by atoms with E-state index in [0.29, 0.717) is 17.4 Å². The van der Waals surface area contributed by atoms with E-state index in [1.165, 1.54) is 6.33 Å². The number of aromatic nitrogens is 3. The highest BCUT2D eigenvalue weighted by Gasteiger charge is 2.21. The number of carbonyl (C=O) groups excluding carboxylic acids is 1. The molecule has 1 aliphatic heterocycles. The molecule has 0 saturated carbocycles. The van der Waals surface area contributed by atoms with Gasteiger partial charge in [0.05, 0.1) is 11.9 Å². The second-order valence-electron chi connectivity index (χ2n) is 4.05. The van der Waals surface area contributed by atoms with Crippen molar-refractivity contribution in [2.45, 2.75) is 6.92 Å². The Morgan fingerprint density at radius 3 is 3.00 bits per heavy atom. The fourth-order valence-corrected chi connectivity index (χ4v) is 1.67. The number of ether oxygens (including phenoxy) is 1. The van der Waals surface area contributed by atoms with Gasteiger partial charge in [-0.3, -0.25) is 9.78 Å². The van der Waals surface area contributed by atoms with Crippen molar-refractivity contribution in [3.63, 3.8) is 0 Å². The predicted molar refractivity (Wildman–Crippen MR) is 68.4 cm³/mol. The molecule has 1 aliphatic rings. The summed E-state index contributed by atoms with van der Waals surface area (Å²) in [5.41, 5.74) is 1.71. The third kappa shape index (κ3) is 2.30. The third-order valence-electron chi connectivity index (χ3n) is 2.58. The van der Waals surface area contributed by atoms with E-state index in [1.54, 1.807) is 6.20 Å². The van der Waals surface area contributed by atoms with Gasteiger partial charge in [-0.15, -0.1) is 0 Å². The second-order valence-corrected chi connectivity index (χ2v) is 4.05. The van der Waals surface area contributed by atoms with Gasteiger partial charge in [-0.2, -0.15) is 0 Å². The molecule has 3 heterocycles. The van der Waals surface area contributed by atoms with E-state index in [2.05, 4.69) is 25.6 Å². The first-order valence-corrected chi connectivity index (χ1v) is 5.70. The molecule has 7 nitrogen and oxygen atoms in total. The summed E-state index contributed by atoms with van der Waals surface area (Å²) in [6.45, 7) is 1.87. The summed E-state index contributed by atoms with van der Waals surface area (Å²) in [6.07, 6.45) is 3.06. The van der Waals surface area contributed by atoms with Crippen molar-refractivity contribution in [2.75, 3.05) is 17.2 Å². The number of amides is 1. The van der Waals surface area contributed by atoms with E-state index in [1.807, 2.05) is 19.1 Å². The Hall–Kier alpha value is -2.70. The summed E-state index contributed by atoms with van der Waals surface area (Å²) in [6, 6.07) is 3.77. The summed E-state index contributed by atoms with van der Waals surface area (Å²) in [5.74, 6) is 1.07. The lowest BCUT2D eigenvalue weighted by Crippen LogP contribution is -2.26. The Morgan fingerprint density at radius 2 is 2.21 bits per heavy atom. The molecule has 96 valence electrons. The van der Waals surface area contributed by atoms with E-state index < -0.39 is 0 Å². The number of fused-ring (bicyclic) bond motifs is 1. The highest BCUT2D eigenvalue weighted by atomic mass is 16.5. The fourth-order valence-electron chi connectivity index (χ4n) is 1.67. The van der Waals surface area contributed by atoms with Gasteiger partial charge in [0.2, 0.25) is 5.75 Å². The molecule has 19 heavy (non-hydrogen) atoms. The van der Waals surface area contributed by atoms with Crippen molar-refractivity contribution in [2.24, 2.45) is 0 Å². The Balaban J connectivity index is 1.91. The highest BCUT2D eigenvalue weighted by Crippen LogP contribution is 2.33. The minimum atomic E-state index is -0.228. The summed E-state index contributed by atoms with van der Waals surface area (Å²) >= 11 is 0. The lowest BCUT2D eigenvalue weighted by Gasteiger charge is -2.19.